The zero-order valence-electron chi connectivity index (χ0n) is 10.2. The average Bonchev–Trinajstić information content (AvgIpc) is 2.76. The maximum atomic E-state index is 12.9. The Morgan fingerprint density at radius 1 is 1.53 bits per heavy atom. The molecule has 0 radical (unpaired) electrons. The summed E-state index contributed by atoms with van der Waals surface area (Å²) in [7, 11) is 0. The van der Waals surface area contributed by atoms with E-state index in [1.54, 1.807) is 6.07 Å². The molecule has 1 aromatic carbocycles. The van der Waals surface area contributed by atoms with E-state index in [0.717, 1.165) is 25.3 Å². The van der Waals surface area contributed by atoms with Crippen molar-refractivity contribution in [3.8, 4) is 0 Å². The van der Waals surface area contributed by atoms with Gasteiger partial charge in [-0.05, 0) is 43.6 Å². The van der Waals surface area contributed by atoms with E-state index in [-0.39, 0.29) is 5.82 Å². The minimum atomic E-state index is -0.286. The fourth-order valence-corrected chi connectivity index (χ4v) is 2.32. The molecule has 1 saturated heterocycles. The number of halogens is 1. The summed E-state index contributed by atoms with van der Waals surface area (Å²) in [6.45, 7) is 6.54. The van der Waals surface area contributed by atoms with Crippen LogP contribution in [0.1, 0.15) is 13.3 Å². The fourth-order valence-electron chi connectivity index (χ4n) is 2.32. The van der Waals surface area contributed by atoms with E-state index in [2.05, 4.69) is 17.1 Å². The predicted molar refractivity (Wildman–Crippen MR) is 69.5 cm³/mol. The number of hydrogen-bond acceptors (Lipinski definition) is 3. The Bertz CT molecular complexity index is 381. The molecule has 0 aromatic heterocycles. The van der Waals surface area contributed by atoms with Crippen LogP contribution in [0.15, 0.2) is 18.2 Å². The highest BCUT2D eigenvalue weighted by atomic mass is 19.1. The Hall–Kier alpha value is -1.29. The van der Waals surface area contributed by atoms with Crippen LogP contribution in [0.3, 0.4) is 0 Å². The minimum absolute atomic E-state index is 0.286. The van der Waals surface area contributed by atoms with Crippen molar-refractivity contribution >= 4 is 11.4 Å². The predicted octanol–water partition coefficient (Wildman–Crippen LogP) is 2.16. The lowest BCUT2D eigenvalue weighted by Crippen LogP contribution is -2.22. The molecule has 0 spiro atoms. The molecular weight excluding hydrogens is 217 g/mol. The summed E-state index contributed by atoms with van der Waals surface area (Å²) in [4.78, 5) is 2.44. The van der Waals surface area contributed by atoms with Crippen LogP contribution in [0, 0.1) is 11.7 Å². The van der Waals surface area contributed by atoms with Crippen LogP contribution in [0.4, 0.5) is 15.8 Å². The monoisotopic (exact) mass is 237 g/mol. The highest BCUT2D eigenvalue weighted by Crippen LogP contribution is 2.21. The number of likely N-dealkylation sites (tertiary alicyclic amines) is 1. The van der Waals surface area contributed by atoms with Gasteiger partial charge in [-0.1, -0.05) is 6.92 Å². The number of nitrogens with two attached hydrogens (primary N) is 1. The third-order valence-electron chi connectivity index (χ3n) is 3.41. The smallest absolute Gasteiger partial charge is 0.125 e. The Labute approximate surface area is 102 Å². The second-order valence-corrected chi connectivity index (χ2v) is 4.66. The SMILES string of the molecule is CCN1CCC(CNc2ccc(F)cc2N)C1. The van der Waals surface area contributed by atoms with Crippen molar-refractivity contribution in [2.75, 3.05) is 37.2 Å². The van der Waals surface area contributed by atoms with Crippen molar-refractivity contribution < 1.29 is 4.39 Å². The molecule has 0 bridgehead atoms. The third kappa shape index (κ3) is 3.09. The van der Waals surface area contributed by atoms with Crippen LogP contribution in [0.2, 0.25) is 0 Å². The number of nitrogens with one attached hydrogen (secondary N) is 1. The second kappa shape index (κ2) is 5.36. The first-order chi connectivity index (χ1) is 8.19. The molecule has 1 aliphatic heterocycles. The van der Waals surface area contributed by atoms with Crippen LogP contribution < -0.4 is 11.1 Å². The van der Waals surface area contributed by atoms with Crippen LogP contribution in [0.25, 0.3) is 0 Å². The van der Waals surface area contributed by atoms with Gasteiger partial charge in [0.25, 0.3) is 0 Å². The molecule has 0 amide bonds. The Morgan fingerprint density at radius 3 is 3.00 bits per heavy atom. The zero-order valence-corrected chi connectivity index (χ0v) is 10.2. The second-order valence-electron chi connectivity index (χ2n) is 4.66. The number of nitrogen functional groups attached to an aromatic ring is 1. The van der Waals surface area contributed by atoms with E-state index in [1.165, 1.54) is 25.1 Å². The fraction of sp³-hybridized carbons (Fsp3) is 0.538. The van der Waals surface area contributed by atoms with Crippen LogP contribution in [-0.4, -0.2) is 31.1 Å². The maximum absolute atomic E-state index is 12.9. The summed E-state index contributed by atoms with van der Waals surface area (Å²) in [5.74, 6) is 0.380. The summed E-state index contributed by atoms with van der Waals surface area (Å²) in [5.41, 5.74) is 7.06. The summed E-state index contributed by atoms with van der Waals surface area (Å²) < 4.78 is 12.9. The van der Waals surface area contributed by atoms with E-state index < -0.39 is 0 Å². The van der Waals surface area contributed by atoms with Gasteiger partial charge in [0.05, 0.1) is 11.4 Å². The molecule has 0 saturated carbocycles. The van der Waals surface area contributed by atoms with Gasteiger partial charge < -0.3 is 16.0 Å². The van der Waals surface area contributed by atoms with E-state index in [4.69, 9.17) is 5.73 Å². The van der Waals surface area contributed by atoms with Gasteiger partial charge in [0, 0.05) is 13.1 Å². The van der Waals surface area contributed by atoms with Crippen LogP contribution in [0.5, 0.6) is 0 Å². The number of anilines is 2. The van der Waals surface area contributed by atoms with Crippen LogP contribution >= 0.6 is 0 Å². The molecule has 17 heavy (non-hydrogen) atoms. The molecule has 1 fully saturated rings. The van der Waals surface area contributed by atoms with Crippen LogP contribution in [-0.2, 0) is 0 Å². The van der Waals surface area contributed by atoms with E-state index in [1.807, 2.05) is 0 Å². The molecule has 3 N–H and O–H groups in total. The highest BCUT2D eigenvalue weighted by molar-refractivity contribution is 5.65. The molecule has 1 aliphatic rings. The molecule has 4 heteroatoms. The van der Waals surface area contributed by atoms with Crippen molar-refractivity contribution in [2.24, 2.45) is 5.92 Å². The lowest BCUT2D eigenvalue weighted by Gasteiger charge is -2.15. The number of hydrogen-bond donors (Lipinski definition) is 2. The summed E-state index contributed by atoms with van der Waals surface area (Å²) in [6.07, 6.45) is 1.22. The molecule has 3 nitrogen and oxygen atoms in total. The highest BCUT2D eigenvalue weighted by Gasteiger charge is 2.20. The number of rotatable bonds is 4. The van der Waals surface area contributed by atoms with Crippen molar-refractivity contribution in [3.05, 3.63) is 24.0 Å². The van der Waals surface area contributed by atoms with Gasteiger partial charge in [-0.25, -0.2) is 4.39 Å². The van der Waals surface area contributed by atoms with E-state index >= 15 is 0 Å². The first-order valence-corrected chi connectivity index (χ1v) is 6.20. The lowest BCUT2D eigenvalue weighted by molar-refractivity contribution is 0.345. The summed E-state index contributed by atoms with van der Waals surface area (Å²) in [6, 6.07) is 4.50. The Balaban J connectivity index is 1.86. The standard InChI is InChI=1S/C13H20FN3/c1-2-17-6-5-10(9-17)8-16-13-4-3-11(14)7-12(13)15/h3-4,7,10,16H,2,5-6,8-9,15H2,1H3. The zero-order chi connectivity index (χ0) is 12.3. The lowest BCUT2D eigenvalue weighted by atomic mass is 10.1. The topological polar surface area (TPSA) is 41.3 Å². The Morgan fingerprint density at radius 2 is 2.35 bits per heavy atom. The van der Waals surface area contributed by atoms with Gasteiger partial charge in [0.2, 0.25) is 0 Å². The van der Waals surface area contributed by atoms with Gasteiger partial charge in [0.1, 0.15) is 5.82 Å². The maximum Gasteiger partial charge on any atom is 0.125 e. The van der Waals surface area contributed by atoms with Crippen molar-refractivity contribution in [2.45, 2.75) is 13.3 Å². The molecule has 94 valence electrons. The molecule has 2 rings (SSSR count). The molecule has 1 unspecified atom stereocenters. The van der Waals surface area contributed by atoms with Gasteiger partial charge in [0.15, 0.2) is 0 Å². The molecule has 0 aliphatic carbocycles. The normalized spacial score (nSPS) is 20.7. The minimum Gasteiger partial charge on any atom is -0.397 e. The van der Waals surface area contributed by atoms with Gasteiger partial charge in [-0.2, -0.15) is 0 Å². The van der Waals surface area contributed by atoms with Gasteiger partial charge in [-0.15, -0.1) is 0 Å². The first kappa shape index (κ1) is 12.2. The molecule has 1 aromatic rings. The average molecular weight is 237 g/mol. The quantitative estimate of drug-likeness (QED) is 0.788. The number of benzene rings is 1. The van der Waals surface area contributed by atoms with E-state index in [9.17, 15) is 4.39 Å². The number of nitrogens with zero attached hydrogens (tertiary/aromatic N) is 1. The van der Waals surface area contributed by atoms with Gasteiger partial charge >= 0.3 is 0 Å². The molecule has 1 atom stereocenters. The molecular formula is C13H20FN3. The third-order valence-corrected chi connectivity index (χ3v) is 3.41. The van der Waals surface area contributed by atoms with Crippen molar-refractivity contribution in [1.82, 2.24) is 4.90 Å². The van der Waals surface area contributed by atoms with E-state index in [0.29, 0.717) is 11.6 Å². The summed E-state index contributed by atoms with van der Waals surface area (Å²) in [5, 5.41) is 3.31. The Kier molecular flexibility index (Phi) is 3.84. The first-order valence-electron chi connectivity index (χ1n) is 6.20. The van der Waals surface area contributed by atoms with Gasteiger partial charge in [-0.3, -0.25) is 0 Å². The largest absolute Gasteiger partial charge is 0.397 e. The van der Waals surface area contributed by atoms with Crippen molar-refractivity contribution in [3.63, 3.8) is 0 Å². The molecule has 1 heterocycles. The summed E-state index contributed by atoms with van der Waals surface area (Å²) >= 11 is 0. The van der Waals surface area contributed by atoms with Crippen molar-refractivity contribution in [1.29, 1.82) is 0 Å².